The van der Waals surface area contributed by atoms with Gasteiger partial charge in [0.2, 0.25) is 0 Å². The fourth-order valence-corrected chi connectivity index (χ4v) is 20.8. The summed E-state index contributed by atoms with van der Waals surface area (Å²) in [5.41, 5.74) is 0. The van der Waals surface area contributed by atoms with Crippen LogP contribution in [0.25, 0.3) is 0 Å². The number of unbranched alkanes of at least 4 members (excludes halogenated alkanes) is 4. The van der Waals surface area contributed by atoms with Gasteiger partial charge in [-0.25, -0.2) is 0 Å². The Bertz CT molecular complexity index is 376. The molecule has 0 radical (unpaired) electrons. The molecule has 0 aliphatic rings. The zero-order chi connectivity index (χ0) is 21.0. The molecule has 0 aromatic carbocycles. The van der Waals surface area contributed by atoms with E-state index in [4.69, 9.17) is 11.0 Å². The molecule has 0 aliphatic heterocycles. The van der Waals surface area contributed by atoms with Gasteiger partial charge in [0.1, 0.15) is 0 Å². The van der Waals surface area contributed by atoms with E-state index < -0.39 is 26.7 Å². The van der Waals surface area contributed by atoms with Crippen LogP contribution in [-0.4, -0.2) is 33.3 Å². The molecular weight excluding hydrogens is 451 g/mol. The molecule has 0 atom stereocenters. The summed E-state index contributed by atoms with van der Waals surface area (Å²) in [6, 6.07) is 0. The van der Waals surface area contributed by atoms with Crippen molar-refractivity contribution < 1.29 is 4.43 Å². The second-order valence-electron chi connectivity index (χ2n) is 10.3. The molecule has 0 aromatic rings. The maximum absolute atomic E-state index is 6.38. The van der Waals surface area contributed by atoms with Gasteiger partial charge in [-0.05, 0) is 0 Å². The van der Waals surface area contributed by atoms with E-state index in [2.05, 4.69) is 54.6 Å². The molecular formula is C24H52OSiSn. The van der Waals surface area contributed by atoms with Crippen LogP contribution in [0.5, 0.6) is 0 Å². The van der Waals surface area contributed by atoms with Gasteiger partial charge in [0.15, 0.2) is 0 Å². The Kier molecular flexibility index (Phi) is 14.2. The molecule has 0 fully saturated rings. The van der Waals surface area contributed by atoms with E-state index in [9.17, 15) is 0 Å². The Morgan fingerprint density at radius 1 is 0.815 bits per heavy atom. The quantitative estimate of drug-likeness (QED) is 0.151. The zero-order valence-corrected chi connectivity index (χ0v) is 24.2. The molecule has 0 unspecified atom stereocenters. The Hall–Kier alpha value is 0.716. The van der Waals surface area contributed by atoms with Crippen molar-refractivity contribution >= 4 is 26.7 Å². The first-order valence-electron chi connectivity index (χ1n) is 11.9. The van der Waals surface area contributed by atoms with Gasteiger partial charge in [-0.1, -0.05) is 0 Å². The molecule has 3 heteroatoms. The Balaban J connectivity index is 4.69. The second kappa shape index (κ2) is 13.8. The number of hydrogen-bond acceptors (Lipinski definition) is 1. The maximum atomic E-state index is 6.38. The third-order valence-corrected chi connectivity index (χ3v) is 27.7. The topological polar surface area (TPSA) is 9.23 Å². The minimum atomic E-state index is -2.20. The molecule has 0 saturated carbocycles. The summed E-state index contributed by atoms with van der Waals surface area (Å²) in [5, 5.41) is 0.322. The van der Waals surface area contributed by atoms with E-state index in [1.54, 1.807) is 16.9 Å². The van der Waals surface area contributed by atoms with E-state index in [1.807, 2.05) is 0 Å². The summed E-state index contributed by atoms with van der Waals surface area (Å²) in [7, 11) is -1.58. The molecule has 0 heterocycles. The van der Waals surface area contributed by atoms with E-state index in [0.29, 0.717) is 5.04 Å². The molecule has 1 nitrogen and oxygen atoms in total. The third kappa shape index (κ3) is 10.3. The van der Waals surface area contributed by atoms with Crippen LogP contribution in [0.4, 0.5) is 0 Å². The number of rotatable bonds is 16. The van der Waals surface area contributed by atoms with Crippen LogP contribution in [0.2, 0.25) is 31.4 Å². The van der Waals surface area contributed by atoms with Gasteiger partial charge in [0, 0.05) is 0 Å². The van der Waals surface area contributed by atoms with Crippen LogP contribution in [0, 0.1) is 0 Å². The minimum absolute atomic E-state index is 0.322. The first-order chi connectivity index (χ1) is 12.6. The Morgan fingerprint density at radius 3 is 1.63 bits per heavy atom. The third-order valence-electron chi connectivity index (χ3n) is 6.92. The van der Waals surface area contributed by atoms with Gasteiger partial charge >= 0.3 is 179 Å². The fourth-order valence-electron chi connectivity index (χ4n) is 3.70. The van der Waals surface area contributed by atoms with E-state index in [1.165, 1.54) is 57.8 Å². The number of hydrogen-bond donors (Lipinski definition) is 0. The molecule has 0 saturated heterocycles. The van der Waals surface area contributed by atoms with Crippen molar-refractivity contribution in [2.45, 2.75) is 131 Å². The van der Waals surface area contributed by atoms with Crippen molar-refractivity contribution in [3.05, 3.63) is 10.2 Å². The van der Waals surface area contributed by atoms with Gasteiger partial charge in [-0.15, -0.1) is 0 Å². The van der Waals surface area contributed by atoms with Crippen molar-refractivity contribution in [2.24, 2.45) is 0 Å². The van der Waals surface area contributed by atoms with Gasteiger partial charge in [0.05, 0.1) is 0 Å². The van der Waals surface area contributed by atoms with Crippen LogP contribution in [-0.2, 0) is 4.43 Å². The monoisotopic (exact) mass is 504 g/mol. The normalized spacial score (nSPS) is 13.2. The van der Waals surface area contributed by atoms with E-state index >= 15 is 0 Å². The molecule has 0 amide bonds. The van der Waals surface area contributed by atoms with Gasteiger partial charge in [-0.3, -0.25) is 0 Å². The van der Waals surface area contributed by atoms with Crippen molar-refractivity contribution in [1.82, 2.24) is 0 Å². The molecule has 0 spiro atoms. The first-order valence-corrected chi connectivity index (χ1v) is 22.3. The van der Waals surface area contributed by atoms with E-state index in [-0.39, 0.29) is 0 Å². The summed E-state index contributed by atoms with van der Waals surface area (Å²) in [6.45, 7) is 24.5. The molecule has 0 aromatic heterocycles. The Labute approximate surface area is 178 Å². The van der Waals surface area contributed by atoms with Crippen LogP contribution in [0.3, 0.4) is 0 Å². The summed E-state index contributed by atoms with van der Waals surface area (Å²) in [4.78, 5) is 0. The average molecular weight is 503 g/mol. The summed E-state index contributed by atoms with van der Waals surface area (Å²) in [5.74, 6) is 0. The predicted octanol–water partition coefficient (Wildman–Crippen LogP) is 9.12. The van der Waals surface area contributed by atoms with Crippen LogP contribution < -0.4 is 0 Å². The van der Waals surface area contributed by atoms with Crippen LogP contribution >= 0.6 is 0 Å². The summed E-state index contributed by atoms with van der Waals surface area (Å²) >= 11 is -2.20. The van der Waals surface area contributed by atoms with Crippen LogP contribution in [0.15, 0.2) is 10.2 Å². The standard InChI is InChI=1S/C12H25OSi.3C4H9.Sn/c1-7-8-9-10-11-13-14(5,6)12(2,3)4;3*1-3-4-2;/h1,8-11H2,2-6H3;3*1,3-4H2,2H3;. The fraction of sp³-hybridized carbons (Fsp3) is 0.917. The first kappa shape index (κ1) is 27.7. The summed E-state index contributed by atoms with van der Waals surface area (Å²) < 4.78 is 12.8. The average Bonchev–Trinajstić information content (AvgIpc) is 2.60. The summed E-state index contributed by atoms with van der Waals surface area (Å²) in [6.07, 6.45) is 12.2. The Morgan fingerprint density at radius 2 is 1.26 bits per heavy atom. The molecule has 0 N–H and O–H groups in total. The van der Waals surface area contributed by atoms with Crippen LogP contribution in [0.1, 0.15) is 99.3 Å². The number of allylic oxidation sites excluding steroid dienone is 1. The zero-order valence-electron chi connectivity index (χ0n) is 20.3. The van der Waals surface area contributed by atoms with Crippen molar-refractivity contribution in [3.8, 4) is 0 Å². The molecule has 0 bridgehead atoms. The van der Waals surface area contributed by atoms with Crippen molar-refractivity contribution in [2.75, 3.05) is 6.61 Å². The molecule has 0 aliphatic carbocycles. The van der Waals surface area contributed by atoms with E-state index in [0.717, 1.165) is 6.61 Å². The molecule has 0 rings (SSSR count). The second-order valence-corrected chi connectivity index (χ2v) is 28.7. The molecule has 162 valence electrons. The van der Waals surface area contributed by atoms with Gasteiger partial charge < -0.3 is 0 Å². The van der Waals surface area contributed by atoms with Gasteiger partial charge in [0.25, 0.3) is 0 Å². The van der Waals surface area contributed by atoms with Gasteiger partial charge in [-0.2, -0.15) is 0 Å². The molecule has 27 heavy (non-hydrogen) atoms. The predicted molar refractivity (Wildman–Crippen MR) is 131 cm³/mol. The van der Waals surface area contributed by atoms with Crippen molar-refractivity contribution in [1.29, 1.82) is 0 Å². The SMILES string of the molecule is C=[C](CCCCO[Si](C)(C)C(C)(C)C)[Sn]([CH2]CCC)([CH2]CCC)[CH2]CCC. The van der Waals surface area contributed by atoms with Crippen molar-refractivity contribution in [3.63, 3.8) is 0 Å².